The summed E-state index contributed by atoms with van der Waals surface area (Å²) in [5.74, 6) is 0.800. The average molecular weight is 425 g/mol. The van der Waals surface area contributed by atoms with E-state index in [0.717, 1.165) is 64.3 Å². The van der Waals surface area contributed by atoms with Crippen molar-refractivity contribution in [1.82, 2.24) is 9.97 Å². The molecule has 0 saturated heterocycles. The Hall–Kier alpha value is -3.24. The molecule has 1 heterocycles. The first-order valence-corrected chi connectivity index (χ1v) is 11.6. The summed E-state index contributed by atoms with van der Waals surface area (Å²) in [5.41, 5.74) is 3.54. The van der Waals surface area contributed by atoms with E-state index in [1.807, 2.05) is 18.2 Å². The van der Waals surface area contributed by atoms with Crippen molar-refractivity contribution in [2.24, 2.45) is 0 Å². The third-order valence-electron chi connectivity index (χ3n) is 6.12. The van der Waals surface area contributed by atoms with Crippen molar-refractivity contribution in [3.8, 4) is 5.75 Å². The minimum atomic E-state index is 0.297. The Morgan fingerprint density at radius 2 is 1.16 bits per heavy atom. The molecule has 4 heteroatoms. The standard InChI is InChI=1S/C28H28N2O2/c31-18-9-3-1-2-4-10-19-32-25-17-11-16-24-28(25)30-27-23-15-8-6-13-21(23)20-12-5-7-14-22(20)26(27)29-24/h5-8,11-17,31H,1-4,9-10,18-19H2. The number of unbranched alkanes of at least 4 members (excludes halogenated alkanes) is 5. The molecule has 5 rings (SSSR count). The highest BCUT2D eigenvalue weighted by Gasteiger charge is 2.13. The van der Waals surface area contributed by atoms with Crippen molar-refractivity contribution in [1.29, 1.82) is 0 Å². The molecule has 5 aromatic rings. The zero-order chi connectivity index (χ0) is 21.8. The van der Waals surface area contributed by atoms with Gasteiger partial charge >= 0.3 is 0 Å². The largest absolute Gasteiger partial charge is 0.491 e. The number of aromatic nitrogens is 2. The first-order valence-electron chi connectivity index (χ1n) is 11.6. The third-order valence-corrected chi connectivity index (χ3v) is 6.12. The molecule has 0 aliphatic heterocycles. The summed E-state index contributed by atoms with van der Waals surface area (Å²) in [6.07, 6.45) is 6.52. The van der Waals surface area contributed by atoms with Gasteiger partial charge in [-0.15, -0.1) is 0 Å². The average Bonchev–Trinajstić information content (AvgIpc) is 2.85. The monoisotopic (exact) mass is 424 g/mol. The lowest BCUT2D eigenvalue weighted by Gasteiger charge is -2.12. The second-order valence-corrected chi connectivity index (χ2v) is 8.33. The van der Waals surface area contributed by atoms with Gasteiger partial charge in [-0.2, -0.15) is 0 Å². The van der Waals surface area contributed by atoms with Gasteiger partial charge in [0.25, 0.3) is 0 Å². The summed E-state index contributed by atoms with van der Waals surface area (Å²) >= 11 is 0. The highest BCUT2D eigenvalue weighted by molar-refractivity contribution is 6.23. The normalized spacial score (nSPS) is 11.7. The number of hydrogen-bond acceptors (Lipinski definition) is 4. The molecular weight excluding hydrogens is 396 g/mol. The molecule has 32 heavy (non-hydrogen) atoms. The maximum Gasteiger partial charge on any atom is 0.147 e. The summed E-state index contributed by atoms with van der Waals surface area (Å²) in [6, 6.07) is 22.9. The lowest BCUT2D eigenvalue weighted by Crippen LogP contribution is -2.00. The van der Waals surface area contributed by atoms with E-state index < -0.39 is 0 Å². The van der Waals surface area contributed by atoms with Crippen LogP contribution in [0.5, 0.6) is 5.75 Å². The Kier molecular flexibility index (Phi) is 6.13. The fourth-order valence-corrected chi connectivity index (χ4v) is 4.50. The van der Waals surface area contributed by atoms with E-state index in [-0.39, 0.29) is 0 Å². The summed E-state index contributed by atoms with van der Waals surface area (Å²) < 4.78 is 6.15. The van der Waals surface area contributed by atoms with Crippen LogP contribution in [0, 0.1) is 0 Å². The number of aliphatic hydroxyl groups is 1. The minimum absolute atomic E-state index is 0.297. The van der Waals surface area contributed by atoms with Crippen LogP contribution < -0.4 is 4.74 Å². The predicted molar refractivity (Wildman–Crippen MR) is 132 cm³/mol. The molecule has 0 amide bonds. The van der Waals surface area contributed by atoms with Gasteiger partial charge in [0.15, 0.2) is 0 Å². The number of aliphatic hydroxyl groups excluding tert-OH is 1. The highest BCUT2D eigenvalue weighted by Crippen LogP contribution is 2.35. The number of benzene rings is 4. The topological polar surface area (TPSA) is 55.2 Å². The maximum atomic E-state index is 8.87. The van der Waals surface area contributed by atoms with Crippen LogP contribution in [0.2, 0.25) is 0 Å². The second-order valence-electron chi connectivity index (χ2n) is 8.33. The number of ether oxygens (including phenoxy) is 1. The first-order chi connectivity index (χ1) is 15.9. The fourth-order valence-electron chi connectivity index (χ4n) is 4.50. The zero-order valence-corrected chi connectivity index (χ0v) is 18.3. The molecule has 1 aromatic heterocycles. The number of fused-ring (bicyclic) bond motifs is 7. The molecule has 0 atom stereocenters. The summed E-state index contributed by atoms with van der Waals surface area (Å²) in [5, 5.41) is 13.5. The Labute approximate surface area is 187 Å². The Morgan fingerprint density at radius 3 is 1.84 bits per heavy atom. The van der Waals surface area contributed by atoms with E-state index in [4.69, 9.17) is 19.8 Å². The number of rotatable bonds is 9. The third kappa shape index (κ3) is 3.98. The molecule has 0 saturated carbocycles. The molecule has 4 nitrogen and oxygen atoms in total. The smallest absolute Gasteiger partial charge is 0.147 e. The van der Waals surface area contributed by atoms with Crippen LogP contribution in [-0.2, 0) is 0 Å². The summed E-state index contributed by atoms with van der Waals surface area (Å²) in [6.45, 7) is 0.974. The SMILES string of the molecule is OCCCCCCCCOc1cccc2nc3c4ccccc4c4ccccc4c3nc12. The predicted octanol–water partition coefficient (Wildman–Crippen LogP) is 6.80. The quantitative estimate of drug-likeness (QED) is 0.161. The van der Waals surface area contributed by atoms with Crippen molar-refractivity contribution >= 4 is 43.6 Å². The number of para-hydroxylation sites is 1. The van der Waals surface area contributed by atoms with Gasteiger partial charge in [-0.25, -0.2) is 9.97 Å². The van der Waals surface area contributed by atoms with E-state index >= 15 is 0 Å². The van der Waals surface area contributed by atoms with Gasteiger partial charge in [-0.3, -0.25) is 0 Å². The van der Waals surface area contributed by atoms with Crippen molar-refractivity contribution in [2.75, 3.05) is 13.2 Å². The molecule has 162 valence electrons. The molecule has 0 unspecified atom stereocenters. The molecule has 0 bridgehead atoms. The lowest BCUT2D eigenvalue weighted by atomic mass is 9.99. The molecule has 4 aromatic carbocycles. The van der Waals surface area contributed by atoms with Crippen molar-refractivity contribution in [3.05, 3.63) is 66.7 Å². The molecule has 0 spiro atoms. The van der Waals surface area contributed by atoms with E-state index in [1.54, 1.807) is 0 Å². The maximum absolute atomic E-state index is 8.87. The molecular formula is C28H28N2O2. The van der Waals surface area contributed by atoms with Crippen molar-refractivity contribution in [2.45, 2.75) is 38.5 Å². The van der Waals surface area contributed by atoms with Gasteiger partial charge in [0, 0.05) is 17.4 Å². The van der Waals surface area contributed by atoms with Gasteiger partial charge in [0.1, 0.15) is 11.3 Å². The number of nitrogens with zero attached hydrogens (tertiary/aromatic N) is 2. The minimum Gasteiger partial charge on any atom is -0.491 e. The molecule has 0 aliphatic carbocycles. The lowest BCUT2D eigenvalue weighted by molar-refractivity contribution is 0.280. The zero-order valence-electron chi connectivity index (χ0n) is 18.3. The molecule has 1 N–H and O–H groups in total. The van der Waals surface area contributed by atoms with E-state index in [2.05, 4.69) is 48.5 Å². The summed E-state index contributed by atoms with van der Waals surface area (Å²) in [7, 11) is 0. The van der Waals surface area contributed by atoms with Crippen molar-refractivity contribution < 1.29 is 9.84 Å². The van der Waals surface area contributed by atoms with Crippen LogP contribution in [0.25, 0.3) is 43.6 Å². The van der Waals surface area contributed by atoms with Gasteiger partial charge in [-0.1, -0.05) is 80.3 Å². The van der Waals surface area contributed by atoms with Crippen LogP contribution in [0.4, 0.5) is 0 Å². The van der Waals surface area contributed by atoms with Gasteiger partial charge in [0.05, 0.1) is 23.2 Å². The van der Waals surface area contributed by atoms with Gasteiger partial charge in [0.2, 0.25) is 0 Å². The second kappa shape index (κ2) is 9.49. The Morgan fingerprint density at radius 1 is 0.562 bits per heavy atom. The molecule has 0 fully saturated rings. The fraction of sp³-hybridized carbons (Fsp3) is 0.286. The first kappa shape index (κ1) is 20.7. The van der Waals surface area contributed by atoms with Crippen LogP contribution in [0.1, 0.15) is 38.5 Å². The number of hydrogen-bond donors (Lipinski definition) is 1. The highest BCUT2D eigenvalue weighted by atomic mass is 16.5. The molecule has 0 radical (unpaired) electrons. The van der Waals surface area contributed by atoms with Crippen LogP contribution in [0.15, 0.2) is 66.7 Å². The van der Waals surface area contributed by atoms with E-state index in [0.29, 0.717) is 13.2 Å². The van der Waals surface area contributed by atoms with E-state index in [9.17, 15) is 0 Å². The van der Waals surface area contributed by atoms with Crippen molar-refractivity contribution in [3.63, 3.8) is 0 Å². The van der Waals surface area contributed by atoms with E-state index in [1.165, 1.54) is 23.6 Å². The van der Waals surface area contributed by atoms with Crippen LogP contribution >= 0.6 is 0 Å². The van der Waals surface area contributed by atoms with Gasteiger partial charge < -0.3 is 9.84 Å². The summed E-state index contributed by atoms with van der Waals surface area (Å²) in [4.78, 5) is 10.1. The Bertz CT molecular complexity index is 1380. The van der Waals surface area contributed by atoms with Crippen LogP contribution in [-0.4, -0.2) is 28.3 Å². The van der Waals surface area contributed by atoms with Crippen LogP contribution in [0.3, 0.4) is 0 Å². The van der Waals surface area contributed by atoms with Gasteiger partial charge in [-0.05, 0) is 35.7 Å². The molecule has 0 aliphatic rings. The Balaban J connectivity index is 1.48.